The van der Waals surface area contributed by atoms with Crippen molar-refractivity contribution in [2.75, 3.05) is 4.90 Å². The molecule has 0 spiro atoms. The average Bonchev–Trinajstić information content (AvgIpc) is 1.55. The number of anilines is 3. The number of benzene rings is 16. The third-order valence-electron chi connectivity index (χ3n) is 18.6. The maximum absolute atomic E-state index is 6.32. The molecule has 20 rings (SSSR count). The van der Waals surface area contributed by atoms with Crippen LogP contribution in [0.3, 0.4) is 0 Å². The zero-order chi connectivity index (χ0) is 62.9. The molecule has 448 valence electrons. The molecule has 0 aliphatic heterocycles. The molecule has 0 fully saturated rings. The number of fused-ring (bicyclic) bond motifs is 20. The van der Waals surface area contributed by atoms with Crippen molar-refractivity contribution in [1.82, 2.24) is 0 Å². The highest BCUT2D eigenvalue weighted by Gasteiger charge is 2.20. The third kappa shape index (κ3) is 10.1. The molecule has 5 nitrogen and oxygen atoms in total. The van der Waals surface area contributed by atoms with Gasteiger partial charge in [0.05, 0.1) is 0 Å². The monoisotopic (exact) mass is 1240 g/mol. The van der Waals surface area contributed by atoms with Crippen LogP contribution < -0.4 is 4.90 Å². The van der Waals surface area contributed by atoms with E-state index >= 15 is 0 Å². The lowest BCUT2D eigenvalue weighted by Crippen LogP contribution is -2.09. The summed E-state index contributed by atoms with van der Waals surface area (Å²) < 4.78 is 24.5. The van der Waals surface area contributed by atoms with E-state index in [1.807, 2.05) is 78.9 Å². The molecular formula is C89H56ClNO4. The molecule has 6 heteroatoms. The predicted octanol–water partition coefficient (Wildman–Crippen LogP) is 26.3. The van der Waals surface area contributed by atoms with Crippen LogP contribution in [0.4, 0.5) is 17.1 Å². The van der Waals surface area contributed by atoms with Gasteiger partial charge >= 0.3 is 0 Å². The first kappa shape index (κ1) is 55.7. The number of nitrogens with zero attached hydrogens (tertiary/aromatic N) is 1. The highest BCUT2D eigenvalue weighted by molar-refractivity contribution is 6.33. The summed E-state index contributed by atoms with van der Waals surface area (Å²) in [4.78, 5) is 2.35. The molecule has 0 bridgehead atoms. The molecule has 95 heavy (non-hydrogen) atoms. The molecular weight excluding hydrogens is 1180 g/mol. The van der Waals surface area contributed by atoms with E-state index in [2.05, 4.69) is 254 Å². The highest BCUT2D eigenvalue weighted by atomic mass is 35.5. The van der Waals surface area contributed by atoms with E-state index in [9.17, 15) is 0 Å². The molecule has 0 amide bonds. The van der Waals surface area contributed by atoms with Gasteiger partial charge in [0.1, 0.15) is 44.7 Å². The van der Waals surface area contributed by atoms with Crippen molar-refractivity contribution in [3.05, 3.63) is 344 Å². The summed E-state index contributed by atoms with van der Waals surface area (Å²) in [5, 5.41) is 19.5. The van der Waals surface area contributed by atoms with E-state index in [-0.39, 0.29) is 0 Å². The fraction of sp³-hybridized carbons (Fsp3) is 0.0112. The fourth-order valence-electron chi connectivity index (χ4n) is 14.1. The van der Waals surface area contributed by atoms with Crippen molar-refractivity contribution in [3.8, 4) is 22.3 Å². The van der Waals surface area contributed by atoms with Crippen molar-refractivity contribution in [1.29, 1.82) is 0 Å². The first-order valence-corrected chi connectivity index (χ1v) is 32.4. The fourth-order valence-corrected chi connectivity index (χ4v) is 14.3. The van der Waals surface area contributed by atoms with Crippen LogP contribution in [0.25, 0.3) is 153 Å². The summed E-state index contributed by atoms with van der Waals surface area (Å²) in [5.74, 6) is 0. The Balaban J connectivity index is 0.000000115. The predicted molar refractivity (Wildman–Crippen MR) is 398 cm³/mol. The van der Waals surface area contributed by atoms with Crippen LogP contribution >= 0.6 is 11.6 Å². The van der Waals surface area contributed by atoms with Gasteiger partial charge in [-0.15, -0.1) is 0 Å². The minimum atomic E-state index is 0.754. The summed E-state index contributed by atoms with van der Waals surface area (Å²) >= 11 is 6.24. The number of halogens is 1. The molecule has 0 atom stereocenters. The van der Waals surface area contributed by atoms with Crippen LogP contribution in [0.5, 0.6) is 0 Å². The summed E-state index contributed by atoms with van der Waals surface area (Å²) in [6, 6.07) is 115. The topological polar surface area (TPSA) is 55.8 Å². The molecule has 0 unspecified atom stereocenters. The Morgan fingerprint density at radius 3 is 1.13 bits per heavy atom. The zero-order valence-electron chi connectivity index (χ0n) is 51.3. The molecule has 16 aromatic carbocycles. The van der Waals surface area contributed by atoms with E-state index in [1.165, 1.54) is 92.6 Å². The van der Waals surface area contributed by atoms with E-state index in [1.54, 1.807) is 0 Å². The van der Waals surface area contributed by atoms with Crippen molar-refractivity contribution in [2.45, 2.75) is 6.42 Å². The van der Waals surface area contributed by atoms with Crippen molar-refractivity contribution < 1.29 is 17.7 Å². The second-order valence-electron chi connectivity index (χ2n) is 24.4. The molecule has 0 saturated heterocycles. The van der Waals surface area contributed by atoms with Gasteiger partial charge in [0.15, 0.2) is 0 Å². The number of para-hydroxylation sites is 4. The number of rotatable bonds is 7. The van der Waals surface area contributed by atoms with Gasteiger partial charge in [-0.1, -0.05) is 236 Å². The standard InChI is InChI=1S/C44H27NO2.C25H18O.C20H11ClO/c1-2-8-28(9-3-1)29-16-20-32(21-17-29)45(34-23-25-41-38(27-34)35-10-4-6-12-39(35)46-41)33-22-18-30-14-15-31-19-24-42-44(43(31)37(30)26-33)36-11-5-7-13-40(36)47-42;1-2-6-20(7-3-1)21-13-10-18(11-14-21)16-19-12-15-25-23(17-19)22-8-4-5-9-24(22)26-25;21-14-9-7-12-5-6-13-8-10-18-20(19(13)16(12)11-14)15-3-1-2-4-17(15)22-18/h1-27H;1-15,17H,16H2;1-11H. The van der Waals surface area contributed by atoms with E-state index in [0.717, 1.165) is 100 Å². The van der Waals surface area contributed by atoms with Gasteiger partial charge in [0, 0.05) is 75.9 Å². The minimum Gasteiger partial charge on any atom is -0.456 e. The summed E-state index contributed by atoms with van der Waals surface area (Å²) in [6.07, 6.45) is 0.921. The maximum atomic E-state index is 6.32. The Morgan fingerprint density at radius 2 is 0.568 bits per heavy atom. The number of furan rings is 4. The molecule has 4 heterocycles. The largest absolute Gasteiger partial charge is 0.456 e. The van der Waals surface area contributed by atoms with Crippen molar-refractivity contribution in [2.24, 2.45) is 0 Å². The van der Waals surface area contributed by atoms with Crippen LogP contribution in [0, 0.1) is 0 Å². The van der Waals surface area contributed by atoms with Crippen LogP contribution in [0.15, 0.2) is 345 Å². The molecule has 0 aliphatic rings. The average molecular weight is 1240 g/mol. The van der Waals surface area contributed by atoms with Gasteiger partial charge < -0.3 is 22.6 Å². The highest BCUT2D eigenvalue weighted by Crippen LogP contribution is 2.45. The lowest BCUT2D eigenvalue weighted by Gasteiger charge is -2.26. The zero-order valence-corrected chi connectivity index (χ0v) is 52.1. The van der Waals surface area contributed by atoms with E-state index < -0.39 is 0 Å². The van der Waals surface area contributed by atoms with Gasteiger partial charge in [-0.25, -0.2) is 0 Å². The first-order chi connectivity index (χ1) is 47.0. The molecule has 0 N–H and O–H groups in total. The maximum Gasteiger partial charge on any atom is 0.136 e. The van der Waals surface area contributed by atoms with Crippen molar-refractivity contribution in [3.63, 3.8) is 0 Å². The van der Waals surface area contributed by atoms with Gasteiger partial charge in [-0.2, -0.15) is 0 Å². The summed E-state index contributed by atoms with van der Waals surface area (Å²) in [5.41, 5.74) is 18.1. The van der Waals surface area contributed by atoms with E-state index in [4.69, 9.17) is 29.3 Å². The van der Waals surface area contributed by atoms with Gasteiger partial charge in [0.25, 0.3) is 0 Å². The molecule has 0 saturated carbocycles. The Kier molecular flexibility index (Phi) is 13.6. The second-order valence-corrected chi connectivity index (χ2v) is 24.8. The Bertz CT molecular complexity index is 6320. The first-order valence-electron chi connectivity index (χ1n) is 32.1. The second kappa shape index (κ2) is 23.2. The smallest absolute Gasteiger partial charge is 0.136 e. The van der Waals surface area contributed by atoms with Gasteiger partial charge in [0.2, 0.25) is 0 Å². The molecule has 20 aromatic rings. The lowest BCUT2D eigenvalue weighted by molar-refractivity contribution is 0.668. The summed E-state index contributed by atoms with van der Waals surface area (Å²) in [6.45, 7) is 0. The number of hydrogen-bond acceptors (Lipinski definition) is 5. The molecule has 0 aliphatic carbocycles. The number of hydrogen-bond donors (Lipinski definition) is 0. The van der Waals surface area contributed by atoms with Crippen LogP contribution in [-0.4, -0.2) is 0 Å². The van der Waals surface area contributed by atoms with E-state index in [0.29, 0.717) is 0 Å². The third-order valence-corrected chi connectivity index (χ3v) is 18.9. The SMILES string of the molecule is Clc1ccc2ccc3ccc4oc5ccccc5c4c3c2c1.c1ccc(-c2ccc(Cc3ccc4oc5ccccc5c4c3)cc2)cc1.c1ccc(-c2ccc(N(c3ccc4oc5ccccc5c4c3)c3ccc4ccc5ccc6oc7ccccc7c6c5c4c3)cc2)cc1. The lowest BCUT2D eigenvalue weighted by atomic mass is 9.96. The Hall–Kier alpha value is -12.2. The van der Waals surface area contributed by atoms with Crippen LogP contribution in [0.1, 0.15) is 11.1 Å². The van der Waals surface area contributed by atoms with Crippen LogP contribution in [-0.2, 0) is 6.42 Å². The Labute approximate surface area is 551 Å². The quantitative estimate of drug-likeness (QED) is 0.149. The van der Waals surface area contributed by atoms with Gasteiger partial charge in [-0.3, -0.25) is 0 Å². The minimum absolute atomic E-state index is 0.754. The summed E-state index contributed by atoms with van der Waals surface area (Å²) in [7, 11) is 0. The van der Waals surface area contributed by atoms with Crippen LogP contribution in [0.2, 0.25) is 5.02 Å². The molecule has 4 aromatic heterocycles. The van der Waals surface area contributed by atoms with Crippen molar-refractivity contribution >= 4 is 160 Å². The van der Waals surface area contributed by atoms with Gasteiger partial charge in [-0.05, 0) is 175 Å². The normalized spacial score (nSPS) is 11.7. The Morgan fingerprint density at radius 1 is 0.221 bits per heavy atom. The molecule has 0 radical (unpaired) electrons.